The minimum Gasteiger partial charge on any atom is -0.390 e. The number of morpholine rings is 1. The van der Waals surface area contributed by atoms with Gasteiger partial charge in [-0.2, -0.15) is 22.6 Å². The predicted octanol–water partition coefficient (Wildman–Crippen LogP) is 3.29. The number of piperidine rings is 1. The van der Waals surface area contributed by atoms with Crippen LogP contribution in [0.3, 0.4) is 0 Å². The molecule has 49 heavy (non-hydrogen) atoms. The SMILES string of the molecule is CS(=O)(=O)N1CCc2c(c(-c3ccc(C(F)(F)F)cc3)nn2CC(O)CN2CCC(c3c[nH]c4c3CN(O)C(N3CCOCC3)=C4)CC2)C1. The molecular weight excluding hydrogens is 663 g/mol. The number of fused-ring (bicyclic) bond motifs is 2. The number of hydrogen-bond donors (Lipinski definition) is 3. The van der Waals surface area contributed by atoms with E-state index in [1.807, 2.05) is 6.08 Å². The lowest BCUT2D eigenvalue weighted by Gasteiger charge is -2.37. The van der Waals surface area contributed by atoms with Gasteiger partial charge in [-0.3, -0.25) is 9.89 Å². The molecule has 6 heterocycles. The summed E-state index contributed by atoms with van der Waals surface area (Å²) in [4.78, 5) is 7.78. The molecule has 1 atom stereocenters. The van der Waals surface area contributed by atoms with E-state index in [-0.39, 0.29) is 19.6 Å². The average Bonchev–Trinajstić information content (AvgIpc) is 3.65. The van der Waals surface area contributed by atoms with E-state index in [1.54, 1.807) is 4.68 Å². The third-order valence-electron chi connectivity index (χ3n) is 10.2. The third-order valence-corrected chi connectivity index (χ3v) is 11.4. The minimum atomic E-state index is -4.48. The van der Waals surface area contributed by atoms with E-state index in [0.717, 1.165) is 80.2 Å². The summed E-state index contributed by atoms with van der Waals surface area (Å²) in [6, 6.07) is 4.71. The number of hydrogen-bond acceptors (Lipinski definition) is 9. The van der Waals surface area contributed by atoms with Gasteiger partial charge in [-0.15, -0.1) is 0 Å². The largest absolute Gasteiger partial charge is 0.416 e. The molecule has 0 amide bonds. The maximum absolute atomic E-state index is 13.2. The van der Waals surface area contributed by atoms with Crippen molar-refractivity contribution in [3.8, 4) is 11.3 Å². The molecule has 7 rings (SSSR count). The number of hydroxylamine groups is 2. The third kappa shape index (κ3) is 7.12. The van der Waals surface area contributed by atoms with Gasteiger partial charge in [-0.25, -0.2) is 13.5 Å². The fourth-order valence-electron chi connectivity index (χ4n) is 7.57. The first-order chi connectivity index (χ1) is 23.3. The molecule has 16 heteroatoms. The molecule has 3 aromatic rings. The number of aliphatic hydroxyl groups excluding tert-OH is 1. The van der Waals surface area contributed by atoms with Gasteiger partial charge in [-0.1, -0.05) is 12.1 Å². The fourth-order valence-corrected chi connectivity index (χ4v) is 8.35. The minimum absolute atomic E-state index is 0.0648. The fraction of sp³-hybridized carbons (Fsp3) is 0.545. The number of H-pyrrole nitrogens is 1. The molecule has 0 spiro atoms. The topological polar surface area (TPSA) is 130 Å². The second-order valence-electron chi connectivity index (χ2n) is 13.4. The van der Waals surface area contributed by atoms with E-state index >= 15 is 0 Å². The van der Waals surface area contributed by atoms with Crippen molar-refractivity contribution in [2.75, 3.05) is 58.7 Å². The maximum atomic E-state index is 13.2. The Bertz CT molecular complexity index is 1790. The number of alkyl halides is 3. The van der Waals surface area contributed by atoms with E-state index in [1.165, 1.54) is 27.1 Å². The van der Waals surface area contributed by atoms with Gasteiger partial charge in [0.2, 0.25) is 10.0 Å². The molecule has 1 unspecified atom stereocenters. The van der Waals surface area contributed by atoms with Gasteiger partial charge in [0.05, 0.1) is 49.9 Å². The second-order valence-corrected chi connectivity index (χ2v) is 15.4. The first-order valence-corrected chi connectivity index (χ1v) is 18.5. The highest BCUT2D eigenvalue weighted by atomic mass is 32.2. The zero-order valence-electron chi connectivity index (χ0n) is 27.4. The van der Waals surface area contributed by atoms with Crippen LogP contribution in [0.5, 0.6) is 0 Å². The number of aliphatic hydroxyl groups is 1. The van der Waals surface area contributed by atoms with Crippen LogP contribution in [-0.4, -0.2) is 118 Å². The Hall–Kier alpha value is -3.41. The number of aromatic nitrogens is 3. The normalized spacial score (nSPS) is 20.7. The van der Waals surface area contributed by atoms with Gasteiger partial charge in [0.15, 0.2) is 0 Å². The Morgan fingerprint density at radius 3 is 2.41 bits per heavy atom. The van der Waals surface area contributed by atoms with Crippen LogP contribution in [0.1, 0.15) is 52.4 Å². The highest BCUT2D eigenvalue weighted by Gasteiger charge is 2.34. The summed E-state index contributed by atoms with van der Waals surface area (Å²) >= 11 is 0. The molecule has 266 valence electrons. The number of nitrogens with one attached hydrogen (secondary N) is 1. The van der Waals surface area contributed by atoms with E-state index < -0.39 is 27.9 Å². The lowest BCUT2D eigenvalue weighted by molar-refractivity contribution is -0.137. The summed E-state index contributed by atoms with van der Waals surface area (Å²) in [7, 11) is -3.50. The van der Waals surface area contributed by atoms with Crippen molar-refractivity contribution < 1.29 is 36.6 Å². The molecule has 0 saturated carbocycles. The summed E-state index contributed by atoms with van der Waals surface area (Å²) in [6.07, 6.45) is 2.15. The van der Waals surface area contributed by atoms with E-state index in [2.05, 4.69) is 21.0 Å². The molecule has 4 aliphatic rings. The smallest absolute Gasteiger partial charge is 0.390 e. The highest BCUT2D eigenvalue weighted by molar-refractivity contribution is 7.88. The number of aromatic amines is 1. The Kier molecular flexibility index (Phi) is 9.30. The molecule has 12 nitrogen and oxygen atoms in total. The van der Waals surface area contributed by atoms with Crippen molar-refractivity contribution in [1.29, 1.82) is 0 Å². The molecule has 2 aromatic heterocycles. The van der Waals surface area contributed by atoms with Crippen LogP contribution in [0.15, 0.2) is 36.3 Å². The summed E-state index contributed by atoms with van der Waals surface area (Å²) in [5.41, 5.74) is 4.89. The zero-order chi connectivity index (χ0) is 34.5. The van der Waals surface area contributed by atoms with E-state index in [4.69, 9.17) is 9.84 Å². The molecule has 2 saturated heterocycles. The quantitative estimate of drug-likeness (QED) is 0.324. The van der Waals surface area contributed by atoms with Gasteiger partial charge in [0, 0.05) is 79.5 Å². The van der Waals surface area contributed by atoms with Gasteiger partial charge in [0.1, 0.15) is 5.82 Å². The van der Waals surface area contributed by atoms with Crippen molar-refractivity contribution in [3.63, 3.8) is 0 Å². The molecular formula is C33H42F3N7O5S. The van der Waals surface area contributed by atoms with Crippen molar-refractivity contribution in [2.24, 2.45) is 0 Å². The van der Waals surface area contributed by atoms with Crippen LogP contribution in [0.2, 0.25) is 0 Å². The number of β-amino-alcohol motifs (C(OH)–C–C–N with tert-alkyl or cyclic N) is 1. The van der Waals surface area contributed by atoms with Gasteiger partial charge >= 0.3 is 6.18 Å². The van der Waals surface area contributed by atoms with Crippen molar-refractivity contribution in [2.45, 2.75) is 57.1 Å². The predicted molar refractivity (Wildman–Crippen MR) is 175 cm³/mol. The number of likely N-dealkylation sites (tertiary alicyclic amines) is 1. The van der Waals surface area contributed by atoms with Crippen molar-refractivity contribution >= 4 is 16.1 Å². The van der Waals surface area contributed by atoms with Gasteiger partial charge < -0.3 is 24.6 Å². The van der Waals surface area contributed by atoms with Crippen LogP contribution in [0, 0.1) is 0 Å². The Balaban J connectivity index is 1.01. The number of benzene rings is 1. The summed E-state index contributed by atoms with van der Waals surface area (Å²) in [5.74, 6) is 1.10. The Morgan fingerprint density at radius 2 is 1.73 bits per heavy atom. The monoisotopic (exact) mass is 705 g/mol. The number of sulfonamides is 1. The van der Waals surface area contributed by atoms with E-state index in [9.17, 15) is 31.9 Å². The first-order valence-electron chi connectivity index (χ1n) is 16.7. The van der Waals surface area contributed by atoms with Crippen LogP contribution < -0.4 is 0 Å². The second kappa shape index (κ2) is 13.4. The van der Waals surface area contributed by atoms with Crippen LogP contribution in [0.25, 0.3) is 17.3 Å². The van der Waals surface area contributed by atoms with Crippen molar-refractivity contribution in [1.82, 2.24) is 33.9 Å². The lowest BCUT2D eigenvalue weighted by atomic mass is 9.87. The highest BCUT2D eigenvalue weighted by Crippen LogP contribution is 2.37. The standard InChI is InChI=1S/C33H42F3N7O5S/c1-49(46,47)41-11-8-30-28(20-41)32(23-2-4-24(5-3-23)33(34,35)36)38-42(30)19-25(44)18-39-9-6-22(7-10-39)26-17-37-29-16-31(43(45)21-27(26)29)40-12-14-48-15-13-40/h2-5,16-17,22,25,37,44-45H,6-15,18-21H2,1H3. The summed E-state index contributed by atoms with van der Waals surface area (Å²) in [5, 5.41) is 28.1. The molecule has 0 aliphatic carbocycles. The molecule has 2 fully saturated rings. The summed E-state index contributed by atoms with van der Waals surface area (Å²) < 4.78 is 72.9. The molecule has 4 aliphatic heterocycles. The number of ether oxygens (including phenoxy) is 1. The Labute approximate surface area is 283 Å². The maximum Gasteiger partial charge on any atom is 0.416 e. The summed E-state index contributed by atoms with van der Waals surface area (Å²) in [6.45, 7) is 5.67. The average molecular weight is 706 g/mol. The lowest BCUT2D eigenvalue weighted by Crippen LogP contribution is -2.42. The van der Waals surface area contributed by atoms with Crippen LogP contribution >= 0.6 is 0 Å². The van der Waals surface area contributed by atoms with Gasteiger partial charge in [-0.05, 0) is 49.5 Å². The number of nitrogens with zero attached hydrogens (tertiary/aromatic N) is 6. The van der Waals surface area contributed by atoms with E-state index in [0.29, 0.717) is 55.5 Å². The molecule has 0 bridgehead atoms. The van der Waals surface area contributed by atoms with Crippen LogP contribution in [0.4, 0.5) is 13.2 Å². The molecule has 3 N–H and O–H groups in total. The molecule has 1 aromatic carbocycles. The molecule has 0 radical (unpaired) electrons. The number of rotatable bonds is 8. The Morgan fingerprint density at radius 1 is 1.02 bits per heavy atom. The first kappa shape index (κ1) is 34.1. The van der Waals surface area contributed by atoms with Crippen molar-refractivity contribution in [3.05, 3.63) is 69.9 Å². The number of halogens is 3. The van der Waals surface area contributed by atoms with Crippen LogP contribution in [-0.2, 0) is 47.0 Å². The van der Waals surface area contributed by atoms with Gasteiger partial charge in [0.25, 0.3) is 0 Å². The zero-order valence-corrected chi connectivity index (χ0v) is 28.2.